The van der Waals surface area contributed by atoms with Crippen LogP contribution in [-0.4, -0.2) is 10.1 Å². The average Bonchev–Trinajstić information content (AvgIpc) is 1.69. The van der Waals surface area contributed by atoms with E-state index in [1.807, 2.05) is 12.3 Å². The van der Waals surface area contributed by atoms with Gasteiger partial charge in [0.1, 0.15) is 0 Å². The van der Waals surface area contributed by atoms with Crippen molar-refractivity contribution in [2.24, 2.45) is 4.99 Å². The summed E-state index contributed by atoms with van der Waals surface area (Å²) in [4.78, 5) is 3.80. The minimum atomic E-state index is 1.67. The lowest BCUT2D eigenvalue weighted by Crippen LogP contribution is -1.98. The van der Waals surface area contributed by atoms with Crippen molar-refractivity contribution in [3.8, 4) is 0 Å². The van der Waals surface area contributed by atoms with Crippen molar-refractivity contribution in [1.82, 2.24) is 3.93 Å². The number of aliphatic imine (C=N–C) groups is 1. The molecule has 0 unspecified atom stereocenters. The van der Waals surface area contributed by atoms with Crippen LogP contribution in [0.3, 0.4) is 0 Å². The van der Waals surface area contributed by atoms with Crippen molar-refractivity contribution < 1.29 is 0 Å². The number of hydrogen-bond donors (Lipinski definition) is 0. The zero-order valence-electron chi connectivity index (χ0n) is 3.58. The molecule has 0 atom stereocenters. The van der Waals surface area contributed by atoms with Crippen LogP contribution in [0, 0.1) is 6.67 Å². The van der Waals surface area contributed by atoms with Crippen molar-refractivity contribution in [3.05, 3.63) is 18.9 Å². The Morgan fingerprint density at radius 1 is 1.57 bits per heavy atom. The van der Waals surface area contributed by atoms with Gasteiger partial charge in [0.05, 0.1) is 16.1 Å². The summed E-state index contributed by atoms with van der Waals surface area (Å²) in [6.45, 7) is 1.67. The monoisotopic (exact) mass is 159 g/mol. The van der Waals surface area contributed by atoms with E-state index < -0.39 is 0 Å². The molecule has 0 saturated carbocycles. The van der Waals surface area contributed by atoms with E-state index in [-0.39, 0.29) is 0 Å². The normalized spacial score (nSPS) is 18.1. The topological polar surface area (TPSA) is 15.6 Å². The molecule has 0 aromatic rings. The summed E-state index contributed by atoms with van der Waals surface area (Å²) in [6, 6.07) is 0. The summed E-state index contributed by atoms with van der Waals surface area (Å²) < 4.78 is 1.70. The lowest BCUT2D eigenvalue weighted by atomic mass is 10.6. The first-order valence-corrected chi connectivity index (χ1v) is 2.58. The maximum atomic E-state index is 3.80. The predicted molar refractivity (Wildman–Crippen MR) is 32.7 cm³/mol. The van der Waals surface area contributed by atoms with Crippen LogP contribution in [0.5, 0.6) is 0 Å². The summed E-state index contributed by atoms with van der Waals surface area (Å²) in [5.41, 5.74) is 0. The Morgan fingerprint density at radius 2 is 2.43 bits per heavy atom. The second-order valence-corrected chi connectivity index (χ2v) is 1.92. The highest BCUT2D eigenvalue weighted by Gasteiger charge is 1.90. The van der Waals surface area contributed by atoms with Gasteiger partial charge in [-0.1, -0.05) is 0 Å². The molecule has 0 amide bonds. The summed E-state index contributed by atoms with van der Waals surface area (Å²) >= 11 is 3.17. The van der Waals surface area contributed by atoms with Crippen molar-refractivity contribution >= 4 is 22.4 Å². The fourth-order valence-corrected chi connectivity index (χ4v) is 0.553. The van der Waals surface area contributed by atoms with Gasteiger partial charge < -0.3 is 0 Å². The average molecular weight is 160 g/mol. The second kappa shape index (κ2) is 2.12. The molecule has 1 rings (SSSR count). The quantitative estimate of drug-likeness (QED) is 0.488. The summed E-state index contributed by atoms with van der Waals surface area (Å²) in [5.74, 6) is 0. The van der Waals surface area contributed by atoms with E-state index >= 15 is 0 Å². The van der Waals surface area contributed by atoms with Gasteiger partial charge in [0, 0.05) is 12.4 Å². The number of allylic oxidation sites excluding steroid dienone is 1. The fraction of sp³-hybridized carbons (Fsp3) is 0. The molecule has 1 aliphatic rings. The Morgan fingerprint density at radius 3 is 2.71 bits per heavy atom. The molecule has 0 saturated heterocycles. The van der Waals surface area contributed by atoms with Gasteiger partial charge in [0.15, 0.2) is 6.67 Å². The molecule has 1 heterocycles. The van der Waals surface area contributed by atoms with E-state index in [1.54, 1.807) is 16.8 Å². The smallest absolute Gasteiger partial charge is 0.171 e. The molecule has 37 valence electrons. The van der Waals surface area contributed by atoms with E-state index in [2.05, 4.69) is 21.1 Å². The zero-order chi connectivity index (χ0) is 5.11. The Hall–Kier alpha value is -0.310. The molecular weight excluding hydrogens is 156 g/mol. The molecule has 0 aliphatic carbocycles. The van der Waals surface area contributed by atoms with Gasteiger partial charge in [-0.25, -0.2) is 0 Å². The van der Waals surface area contributed by atoms with E-state index in [4.69, 9.17) is 0 Å². The minimum Gasteiger partial charge on any atom is -0.288 e. The highest BCUT2D eigenvalue weighted by atomic mass is 79.9. The molecule has 1 aliphatic heterocycles. The van der Waals surface area contributed by atoms with Crippen LogP contribution in [0.2, 0.25) is 0 Å². The van der Waals surface area contributed by atoms with Gasteiger partial charge in [-0.15, -0.1) is 0 Å². The van der Waals surface area contributed by atoms with Gasteiger partial charge >= 0.3 is 0 Å². The minimum absolute atomic E-state index is 1.67. The molecule has 1 radical (unpaired) electrons. The van der Waals surface area contributed by atoms with Crippen LogP contribution in [0.15, 0.2) is 17.3 Å². The molecule has 7 heavy (non-hydrogen) atoms. The van der Waals surface area contributed by atoms with Crippen LogP contribution in [0.1, 0.15) is 0 Å². The van der Waals surface area contributed by atoms with Gasteiger partial charge in [-0.05, 0) is 6.08 Å². The van der Waals surface area contributed by atoms with Crippen LogP contribution < -0.4 is 0 Å². The van der Waals surface area contributed by atoms with Gasteiger partial charge in [0.2, 0.25) is 0 Å². The first-order chi connectivity index (χ1) is 3.39. The predicted octanol–water partition coefficient (Wildman–Crippen LogP) is 1.32. The fourth-order valence-electron chi connectivity index (χ4n) is 0.311. The molecule has 0 fully saturated rings. The zero-order valence-corrected chi connectivity index (χ0v) is 5.17. The molecular formula is C4H4BrN2. The SMILES string of the molecule is BrN1[CH]N=CC=C1. The third kappa shape index (κ3) is 1.31. The van der Waals surface area contributed by atoms with E-state index in [0.717, 1.165) is 0 Å². The van der Waals surface area contributed by atoms with E-state index in [0.29, 0.717) is 0 Å². The highest BCUT2D eigenvalue weighted by Crippen LogP contribution is 2.04. The molecule has 2 nitrogen and oxygen atoms in total. The Kier molecular flexibility index (Phi) is 1.46. The molecule has 0 aromatic heterocycles. The second-order valence-electron chi connectivity index (χ2n) is 1.10. The van der Waals surface area contributed by atoms with Gasteiger partial charge in [-0.3, -0.25) is 8.92 Å². The molecule has 3 heteroatoms. The highest BCUT2D eigenvalue weighted by molar-refractivity contribution is 9.07. The largest absolute Gasteiger partial charge is 0.288 e. The molecule has 0 N–H and O–H groups in total. The van der Waals surface area contributed by atoms with Crippen LogP contribution in [-0.2, 0) is 0 Å². The van der Waals surface area contributed by atoms with E-state index in [9.17, 15) is 0 Å². The van der Waals surface area contributed by atoms with Crippen LogP contribution in [0.4, 0.5) is 0 Å². The number of halogens is 1. The number of nitrogens with zero attached hydrogens (tertiary/aromatic N) is 2. The molecule has 0 spiro atoms. The Bertz CT molecular complexity index is 108. The Balaban J connectivity index is 2.49. The lowest BCUT2D eigenvalue weighted by Gasteiger charge is -2.06. The van der Waals surface area contributed by atoms with Crippen molar-refractivity contribution in [2.75, 3.05) is 0 Å². The third-order valence-corrected chi connectivity index (χ3v) is 0.997. The van der Waals surface area contributed by atoms with Gasteiger partial charge in [-0.2, -0.15) is 0 Å². The van der Waals surface area contributed by atoms with Crippen LogP contribution >= 0.6 is 16.1 Å². The van der Waals surface area contributed by atoms with Crippen molar-refractivity contribution in [1.29, 1.82) is 0 Å². The third-order valence-electron chi connectivity index (χ3n) is 0.578. The van der Waals surface area contributed by atoms with Crippen LogP contribution in [0.25, 0.3) is 0 Å². The number of hydrogen-bond acceptors (Lipinski definition) is 2. The van der Waals surface area contributed by atoms with Crippen molar-refractivity contribution in [2.45, 2.75) is 0 Å². The molecule has 0 bridgehead atoms. The van der Waals surface area contributed by atoms with Crippen molar-refractivity contribution in [3.63, 3.8) is 0 Å². The van der Waals surface area contributed by atoms with E-state index in [1.165, 1.54) is 0 Å². The molecule has 0 aromatic carbocycles. The summed E-state index contributed by atoms with van der Waals surface area (Å²) in [5, 5.41) is 0. The van der Waals surface area contributed by atoms with Gasteiger partial charge in [0.25, 0.3) is 0 Å². The summed E-state index contributed by atoms with van der Waals surface area (Å²) in [7, 11) is 0. The Labute approximate surface area is 50.9 Å². The summed E-state index contributed by atoms with van der Waals surface area (Å²) in [6.07, 6.45) is 5.42. The standard InChI is InChI=1S/C4H4BrN2/c5-7-3-1-2-6-4-7/h1-4H. The maximum Gasteiger partial charge on any atom is 0.171 e. The first-order valence-electron chi connectivity index (χ1n) is 1.87. The lowest BCUT2D eigenvalue weighted by molar-refractivity contribution is 0.765. The number of rotatable bonds is 0. The maximum absolute atomic E-state index is 3.80. The first kappa shape index (κ1) is 4.84.